The fourth-order valence-electron chi connectivity index (χ4n) is 2.32. The van der Waals surface area contributed by atoms with Crippen LogP contribution in [-0.2, 0) is 11.3 Å². The van der Waals surface area contributed by atoms with Gasteiger partial charge in [0.15, 0.2) is 0 Å². The summed E-state index contributed by atoms with van der Waals surface area (Å²) in [6, 6.07) is 14.1. The van der Waals surface area contributed by atoms with Gasteiger partial charge in [-0.1, -0.05) is 53.6 Å². The number of benzene rings is 2. The molecule has 0 saturated heterocycles. The number of aliphatic hydroxyl groups excluding tert-OH is 1. The Labute approximate surface area is 114 Å². The van der Waals surface area contributed by atoms with Gasteiger partial charge in [0.25, 0.3) is 0 Å². The van der Waals surface area contributed by atoms with Gasteiger partial charge in [-0.05, 0) is 30.5 Å². The first kappa shape index (κ1) is 13.8. The molecule has 2 rings (SSSR count). The summed E-state index contributed by atoms with van der Waals surface area (Å²) in [7, 11) is 1.68. The minimum absolute atomic E-state index is 0.574. The highest BCUT2D eigenvalue weighted by Crippen LogP contribution is 2.24. The molecule has 0 heterocycles. The third-order valence-corrected chi connectivity index (χ3v) is 3.17. The summed E-state index contributed by atoms with van der Waals surface area (Å²) < 4.78 is 5.08. The predicted molar refractivity (Wildman–Crippen MR) is 77.1 cm³/mol. The molecule has 2 nitrogen and oxygen atoms in total. The Bertz CT molecular complexity index is 523. The van der Waals surface area contributed by atoms with Gasteiger partial charge in [-0.2, -0.15) is 0 Å². The standard InChI is InChI=1S/C17H20O2/c1-12-8-13(2)10-16(9-12)17(18)15-6-4-14(5-7-15)11-19-3/h4-10,17-18H,11H2,1-3H3. The van der Waals surface area contributed by atoms with Crippen molar-refractivity contribution in [3.8, 4) is 0 Å². The molecular formula is C17H20O2. The first-order valence-corrected chi connectivity index (χ1v) is 6.44. The Kier molecular flexibility index (Phi) is 4.35. The van der Waals surface area contributed by atoms with Crippen molar-refractivity contribution in [3.63, 3.8) is 0 Å². The highest BCUT2D eigenvalue weighted by molar-refractivity contribution is 5.36. The number of aryl methyl sites for hydroxylation is 2. The van der Waals surface area contributed by atoms with Gasteiger partial charge in [0, 0.05) is 7.11 Å². The zero-order valence-corrected chi connectivity index (χ0v) is 11.7. The van der Waals surface area contributed by atoms with E-state index in [0.29, 0.717) is 6.61 Å². The average molecular weight is 256 g/mol. The van der Waals surface area contributed by atoms with E-state index >= 15 is 0 Å². The molecule has 0 amide bonds. The topological polar surface area (TPSA) is 29.5 Å². The number of aliphatic hydroxyl groups is 1. The fourth-order valence-corrected chi connectivity index (χ4v) is 2.32. The zero-order valence-electron chi connectivity index (χ0n) is 11.7. The summed E-state index contributed by atoms with van der Waals surface area (Å²) in [5.74, 6) is 0. The van der Waals surface area contributed by atoms with Gasteiger partial charge in [-0.25, -0.2) is 0 Å². The van der Waals surface area contributed by atoms with E-state index in [9.17, 15) is 5.11 Å². The van der Waals surface area contributed by atoms with Gasteiger partial charge in [-0.3, -0.25) is 0 Å². The Balaban J connectivity index is 2.25. The van der Waals surface area contributed by atoms with E-state index < -0.39 is 6.10 Å². The molecule has 19 heavy (non-hydrogen) atoms. The van der Waals surface area contributed by atoms with Gasteiger partial charge in [0.1, 0.15) is 6.10 Å². The van der Waals surface area contributed by atoms with Crippen molar-refractivity contribution in [2.75, 3.05) is 7.11 Å². The number of hydrogen-bond donors (Lipinski definition) is 1. The SMILES string of the molecule is COCc1ccc(C(O)c2cc(C)cc(C)c2)cc1. The molecule has 0 aliphatic rings. The number of methoxy groups -OCH3 is 1. The van der Waals surface area contributed by atoms with E-state index in [4.69, 9.17) is 4.74 Å². The van der Waals surface area contributed by atoms with Crippen LogP contribution in [-0.4, -0.2) is 12.2 Å². The lowest BCUT2D eigenvalue weighted by molar-refractivity contribution is 0.184. The Hall–Kier alpha value is -1.64. The number of hydrogen-bond acceptors (Lipinski definition) is 2. The quantitative estimate of drug-likeness (QED) is 0.906. The van der Waals surface area contributed by atoms with Crippen molar-refractivity contribution in [1.82, 2.24) is 0 Å². The maximum atomic E-state index is 10.4. The zero-order chi connectivity index (χ0) is 13.8. The molecule has 1 N–H and O–H groups in total. The molecule has 0 fully saturated rings. The summed E-state index contributed by atoms with van der Waals surface area (Å²) in [6.45, 7) is 4.69. The lowest BCUT2D eigenvalue weighted by Gasteiger charge is -2.14. The molecule has 0 aliphatic heterocycles. The second kappa shape index (κ2) is 6.00. The molecule has 0 aliphatic carbocycles. The lowest BCUT2D eigenvalue weighted by atomic mass is 9.97. The Morgan fingerprint density at radius 1 is 0.947 bits per heavy atom. The van der Waals surface area contributed by atoms with E-state index in [0.717, 1.165) is 16.7 Å². The molecule has 0 aromatic heterocycles. The molecule has 2 heteroatoms. The molecule has 0 spiro atoms. The number of rotatable bonds is 4. The fraction of sp³-hybridized carbons (Fsp3) is 0.294. The van der Waals surface area contributed by atoms with E-state index in [1.807, 2.05) is 50.2 Å². The normalized spacial score (nSPS) is 12.4. The van der Waals surface area contributed by atoms with Crippen LogP contribution in [0.3, 0.4) is 0 Å². The summed E-state index contributed by atoms with van der Waals surface area (Å²) in [5.41, 5.74) is 5.30. The van der Waals surface area contributed by atoms with Crippen LogP contribution in [0.5, 0.6) is 0 Å². The predicted octanol–water partition coefficient (Wildman–Crippen LogP) is 3.53. The van der Waals surface area contributed by atoms with Gasteiger partial charge in [0.2, 0.25) is 0 Å². The van der Waals surface area contributed by atoms with Crippen LogP contribution in [0.2, 0.25) is 0 Å². The minimum Gasteiger partial charge on any atom is -0.384 e. The van der Waals surface area contributed by atoms with E-state index in [2.05, 4.69) is 6.07 Å². The van der Waals surface area contributed by atoms with Crippen molar-refractivity contribution in [2.24, 2.45) is 0 Å². The van der Waals surface area contributed by atoms with Crippen molar-refractivity contribution in [3.05, 3.63) is 70.3 Å². The molecule has 1 unspecified atom stereocenters. The highest BCUT2D eigenvalue weighted by Gasteiger charge is 2.11. The summed E-state index contributed by atoms with van der Waals surface area (Å²) in [5, 5.41) is 10.4. The molecular weight excluding hydrogens is 236 g/mol. The van der Waals surface area contributed by atoms with Crippen LogP contribution in [0.25, 0.3) is 0 Å². The second-order valence-electron chi connectivity index (χ2n) is 5.00. The van der Waals surface area contributed by atoms with Crippen LogP contribution in [0, 0.1) is 13.8 Å². The second-order valence-corrected chi connectivity index (χ2v) is 5.00. The molecule has 0 radical (unpaired) electrons. The summed E-state index contributed by atoms with van der Waals surface area (Å²) in [4.78, 5) is 0. The van der Waals surface area contributed by atoms with Crippen LogP contribution in [0.1, 0.15) is 33.9 Å². The third-order valence-electron chi connectivity index (χ3n) is 3.17. The molecule has 0 bridgehead atoms. The van der Waals surface area contributed by atoms with Gasteiger partial charge in [-0.15, -0.1) is 0 Å². The number of ether oxygens (including phenoxy) is 1. The van der Waals surface area contributed by atoms with Crippen LogP contribution in [0.4, 0.5) is 0 Å². The maximum Gasteiger partial charge on any atom is 0.104 e. The smallest absolute Gasteiger partial charge is 0.104 e. The molecule has 1 atom stereocenters. The van der Waals surface area contributed by atoms with E-state index in [1.165, 1.54) is 11.1 Å². The summed E-state index contributed by atoms with van der Waals surface area (Å²) >= 11 is 0. The maximum absolute atomic E-state index is 10.4. The van der Waals surface area contributed by atoms with Crippen molar-refractivity contribution in [2.45, 2.75) is 26.6 Å². The van der Waals surface area contributed by atoms with Gasteiger partial charge >= 0.3 is 0 Å². The molecule has 2 aromatic rings. The lowest BCUT2D eigenvalue weighted by Crippen LogP contribution is -2.01. The van der Waals surface area contributed by atoms with Crippen molar-refractivity contribution < 1.29 is 9.84 Å². The third kappa shape index (κ3) is 3.43. The van der Waals surface area contributed by atoms with Gasteiger partial charge in [0.05, 0.1) is 6.61 Å². The van der Waals surface area contributed by atoms with Crippen LogP contribution >= 0.6 is 0 Å². The van der Waals surface area contributed by atoms with Gasteiger partial charge < -0.3 is 9.84 Å². The Morgan fingerprint density at radius 3 is 2.05 bits per heavy atom. The highest BCUT2D eigenvalue weighted by atomic mass is 16.5. The largest absolute Gasteiger partial charge is 0.384 e. The monoisotopic (exact) mass is 256 g/mol. The van der Waals surface area contributed by atoms with Crippen molar-refractivity contribution >= 4 is 0 Å². The van der Waals surface area contributed by atoms with Crippen molar-refractivity contribution in [1.29, 1.82) is 0 Å². The Morgan fingerprint density at radius 2 is 1.53 bits per heavy atom. The average Bonchev–Trinajstić information content (AvgIpc) is 2.38. The van der Waals surface area contributed by atoms with E-state index in [-0.39, 0.29) is 0 Å². The summed E-state index contributed by atoms with van der Waals surface area (Å²) in [6.07, 6.45) is -0.574. The van der Waals surface area contributed by atoms with E-state index in [1.54, 1.807) is 7.11 Å². The van der Waals surface area contributed by atoms with Crippen LogP contribution < -0.4 is 0 Å². The minimum atomic E-state index is -0.574. The molecule has 0 saturated carbocycles. The van der Waals surface area contributed by atoms with Crippen LogP contribution in [0.15, 0.2) is 42.5 Å². The molecule has 100 valence electrons. The first-order valence-electron chi connectivity index (χ1n) is 6.44. The molecule has 2 aromatic carbocycles. The first-order chi connectivity index (χ1) is 9.10.